The molecular weight excluding hydrogens is 342 g/mol. The highest BCUT2D eigenvalue weighted by Crippen LogP contribution is 2.27. The van der Waals surface area contributed by atoms with Gasteiger partial charge in [0.1, 0.15) is 0 Å². The first-order valence-corrected chi connectivity index (χ1v) is 8.34. The number of hydrogen-bond acceptors (Lipinski definition) is 3. The predicted molar refractivity (Wildman–Crippen MR) is 97.5 cm³/mol. The average molecular weight is 360 g/mol. The summed E-state index contributed by atoms with van der Waals surface area (Å²) in [5.74, 6) is -0.141. The molecule has 7 heteroatoms. The molecule has 6 nitrogen and oxygen atoms in total. The molecule has 1 fully saturated rings. The van der Waals surface area contributed by atoms with Crippen LogP contribution in [0.3, 0.4) is 0 Å². The Morgan fingerprint density at radius 2 is 1.84 bits per heavy atom. The van der Waals surface area contributed by atoms with E-state index in [0.717, 1.165) is 5.56 Å². The molecule has 0 bridgehead atoms. The number of aromatic nitrogens is 2. The maximum absolute atomic E-state index is 10.7. The second-order valence-electron chi connectivity index (χ2n) is 5.83. The summed E-state index contributed by atoms with van der Waals surface area (Å²) in [5, 5.41) is 26.1. The molecule has 1 aromatic heterocycles. The molecule has 1 heterocycles. The third-order valence-electron chi connectivity index (χ3n) is 3.58. The van der Waals surface area contributed by atoms with Gasteiger partial charge in [-0.1, -0.05) is 43.0 Å². The van der Waals surface area contributed by atoms with Crippen LogP contribution in [-0.2, 0) is 6.54 Å². The zero-order chi connectivity index (χ0) is 17.8. The number of benzene rings is 2. The molecule has 130 valence electrons. The van der Waals surface area contributed by atoms with E-state index in [1.54, 1.807) is 35.0 Å². The Morgan fingerprint density at radius 1 is 1.16 bits per heavy atom. The Kier molecular flexibility index (Phi) is 5.09. The van der Waals surface area contributed by atoms with E-state index < -0.39 is 6.09 Å². The van der Waals surface area contributed by atoms with Crippen molar-refractivity contribution in [2.45, 2.75) is 25.8 Å². The molecule has 1 aliphatic rings. The maximum Gasteiger partial charge on any atom is 0.409 e. The lowest BCUT2D eigenvalue weighted by atomic mass is 10.2. The fraction of sp³-hybridized carbons (Fsp3) is 0.222. The molecule has 0 atom stereocenters. The van der Waals surface area contributed by atoms with Crippen molar-refractivity contribution in [3.05, 3.63) is 53.1 Å². The molecule has 25 heavy (non-hydrogen) atoms. The number of amides is 1. The van der Waals surface area contributed by atoms with Gasteiger partial charge in [-0.15, -0.1) is 5.10 Å². The van der Waals surface area contributed by atoms with Crippen LogP contribution < -0.4 is 5.32 Å². The van der Waals surface area contributed by atoms with Crippen LogP contribution in [0.15, 0.2) is 42.5 Å². The minimum Gasteiger partial charge on any atom is -0.492 e. The Balaban J connectivity index is 0.000000549. The molecule has 3 N–H and O–H groups in total. The van der Waals surface area contributed by atoms with Gasteiger partial charge in [0.15, 0.2) is 0 Å². The molecule has 0 aliphatic heterocycles. The van der Waals surface area contributed by atoms with Crippen LogP contribution in [0.25, 0.3) is 10.9 Å². The molecule has 2 aromatic carbocycles. The summed E-state index contributed by atoms with van der Waals surface area (Å²) in [6.45, 7) is 0.472. The minimum absolute atomic E-state index is 0.141. The summed E-state index contributed by atoms with van der Waals surface area (Å²) in [6, 6.07) is 12.2. The van der Waals surface area contributed by atoms with E-state index in [2.05, 4.69) is 10.4 Å². The Bertz CT molecular complexity index is 886. The Hall–Kier alpha value is -2.73. The zero-order valence-electron chi connectivity index (χ0n) is 13.4. The van der Waals surface area contributed by atoms with Gasteiger partial charge in [-0.3, -0.25) is 10.00 Å². The van der Waals surface area contributed by atoms with Crippen LogP contribution in [0, 0.1) is 0 Å². The minimum atomic E-state index is -1.16. The Labute approximate surface area is 149 Å². The number of fused-ring (bicyclic) bond motifs is 1. The van der Waals surface area contributed by atoms with Crippen molar-refractivity contribution in [2.75, 3.05) is 5.32 Å². The van der Waals surface area contributed by atoms with Crippen molar-refractivity contribution in [1.29, 1.82) is 0 Å². The van der Waals surface area contributed by atoms with Crippen molar-refractivity contribution in [1.82, 2.24) is 9.78 Å². The van der Waals surface area contributed by atoms with Gasteiger partial charge in [-0.2, -0.15) is 0 Å². The number of carboxylic acid groups (broad SMARTS) is 1. The number of halogens is 1. The van der Waals surface area contributed by atoms with Gasteiger partial charge in [0.25, 0.3) is 0 Å². The topological polar surface area (TPSA) is 87.4 Å². The molecule has 0 unspecified atom stereocenters. The second-order valence-corrected chi connectivity index (χ2v) is 6.27. The van der Waals surface area contributed by atoms with Crippen molar-refractivity contribution >= 4 is 34.3 Å². The van der Waals surface area contributed by atoms with Gasteiger partial charge < -0.3 is 10.2 Å². The smallest absolute Gasteiger partial charge is 0.409 e. The van der Waals surface area contributed by atoms with Crippen molar-refractivity contribution in [2.24, 2.45) is 0 Å². The van der Waals surface area contributed by atoms with E-state index in [-0.39, 0.29) is 5.88 Å². The lowest BCUT2D eigenvalue weighted by molar-refractivity contribution is 0.210. The van der Waals surface area contributed by atoms with Crippen LogP contribution >= 0.6 is 11.6 Å². The van der Waals surface area contributed by atoms with E-state index in [1.165, 1.54) is 19.3 Å². The van der Waals surface area contributed by atoms with Gasteiger partial charge in [0.05, 0.1) is 17.4 Å². The molecule has 1 saturated carbocycles. The highest BCUT2D eigenvalue weighted by atomic mass is 35.5. The molecule has 0 spiro atoms. The fourth-order valence-corrected chi connectivity index (χ4v) is 2.37. The van der Waals surface area contributed by atoms with Crippen LogP contribution in [0.5, 0.6) is 5.88 Å². The van der Waals surface area contributed by atoms with Gasteiger partial charge in [0, 0.05) is 10.7 Å². The number of anilines is 1. The maximum atomic E-state index is 10.7. The van der Waals surface area contributed by atoms with Crippen LogP contribution in [0.2, 0.25) is 5.02 Å². The summed E-state index contributed by atoms with van der Waals surface area (Å²) in [4.78, 5) is 10.7. The lowest BCUT2D eigenvalue weighted by Crippen LogP contribution is -2.07. The van der Waals surface area contributed by atoms with Crippen molar-refractivity contribution in [3.8, 4) is 5.88 Å². The number of hydrogen-bond donors (Lipinski definition) is 3. The van der Waals surface area contributed by atoms with E-state index in [4.69, 9.17) is 16.7 Å². The van der Waals surface area contributed by atoms with Crippen molar-refractivity contribution < 1.29 is 15.0 Å². The summed E-state index contributed by atoms with van der Waals surface area (Å²) >= 11 is 5.86. The van der Waals surface area contributed by atoms with Crippen molar-refractivity contribution in [3.63, 3.8) is 0 Å². The lowest BCUT2D eigenvalue weighted by Gasteiger charge is -2.05. The highest BCUT2D eigenvalue weighted by Gasteiger charge is 2.11. The van der Waals surface area contributed by atoms with Gasteiger partial charge in [-0.25, -0.2) is 4.79 Å². The standard InChI is InChI=1S/C15H12ClN3O3.C3H6/c16-10-3-1-9(2-4-10)8-19-13-6-5-11(17-15(21)22)7-12(13)14(20)18-19;1-2-3-1/h1-7,17H,8H2,(H,18,20)(H,21,22);1-3H2. The number of aromatic hydroxyl groups is 1. The normalized spacial score (nSPS) is 12.4. The summed E-state index contributed by atoms with van der Waals surface area (Å²) in [5.41, 5.74) is 2.08. The molecule has 1 amide bonds. The molecule has 0 radical (unpaired) electrons. The van der Waals surface area contributed by atoms with Crippen LogP contribution in [0.1, 0.15) is 24.8 Å². The first kappa shape index (κ1) is 17.1. The number of rotatable bonds is 3. The average Bonchev–Trinajstić information content (AvgIpc) is 3.42. The molecule has 4 rings (SSSR count). The first-order chi connectivity index (χ1) is 12.0. The largest absolute Gasteiger partial charge is 0.492 e. The van der Waals surface area contributed by atoms with Crippen LogP contribution in [-0.4, -0.2) is 26.1 Å². The van der Waals surface area contributed by atoms with E-state index >= 15 is 0 Å². The Morgan fingerprint density at radius 3 is 2.44 bits per heavy atom. The monoisotopic (exact) mass is 359 g/mol. The molecule has 3 aromatic rings. The van der Waals surface area contributed by atoms with Gasteiger partial charge in [0.2, 0.25) is 5.88 Å². The molecule has 1 aliphatic carbocycles. The summed E-state index contributed by atoms with van der Waals surface area (Å²) in [6.07, 6.45) is 3.34. The molecule has 0 saturated heterocycles. The highest BCUT2D eigenvalue weighted by molar-refractivity contribution is 6.30. The zero-order valence-corrected chi connectivity index (χ0v) is 14.2. The quantitative estimate of drug-likeness (QED) is 0.632. The van der Waals surface area contributed by atoms with Gasteiger partial charge in [-0.05, 0) is 35.9 Å². The second kappa shape index (κ2) is 7.44. The SMILES string of the molecule is C1CC1.O=C(O)Nc1ccc2c(c1)c(O)nn2Cc1ccc(Cl)cc1. The van der Waals surface area contributed by atoms with Gasteiger partial charge >= 0.3 is 6.09 Å². The fourth-order valence-electron chi connectivity index (χ4n) is 2.25. The summed E-state index contributed by atoms with van der Waals surface area (Å²) < 4.78 is 1.65. The third-order valence-corrected chi connectivity index (χ3v) is 3.83. The third kappa shape index (κ3) is 4.64. The summed E-state index contributed by atoms with van der Waals surface area (Å²) in [7, 11) is 0. The number of nitrogens with one attached hydrogen (secondary N) is 1. The number of carbonyl (C=O) groups is 1. The predicted octanol–water partition coefficient (Wildman–Crippen LogP) is 4.70. The van der Waals surface area contributed by atoms with E-state index in [1.807, 2.05) is 12.1 Å². The van der Waals surface area contributed by atoms with E-state index in [9.17, 15) is 9.90 Å². The van der Waals surface area contributed by atoms with E-state index in [0.29, 0.717) is 28.2 Å². The van der Waals surface area contributed by atoms with Crippen LogP contribution in [0.4, 0.5) is 10.5 Å². The molecular formula is C18H18ClN3O3. The number of nitrogens with zero attached hydrogens (tertiary/aromatic N) is 2. The first-order valence-electron chi connectivity index (χ1n) is 7.97.